The molecule has 0 aliphatic carbocycles. The number of aromatic nitrogens is 2. The maximum Gasteiger partial charge on any atom is 0.147 e. The van der Waals surface area contributed by atoms with E-state index in [4.69, 9.17) is 9.98 Å². The predicted octanol–water partition coefficient (Wildman–Crippen LogP) is 13.2. The second-order valence-corrected chi connectivity index (χ2v) is 16.4. The van der Waals surface area contributed by atoms with E-state index in [1.165, 1.54) is 16.7 Å². The predicted molar refractivity (Wildman–Crippen MR) is 224 cm³/mol. The molecule has 4 nitrogen and oxygen atoms in total. The first-order valence-corrected chi connectivity index (χ1v) is 18.6. The summed E-state index contributed by atoms with van der Waals surface area (Å²) in [5.74, 6) is 1.58. The zero-order chi connectivity index (χ0) is 37.5. The molecule has 0 spiro atoms. The van der Waals surface area contributed by atoms with Crippen LogP contribution in [0.1, 0.15) is 83.6 Å². The zero-order valence-corrected chi connectivity index (χ0v) is 32.1. The number of imidazole rings is 1. The van der Waals surface area contributed by atoms with Crippen LogP contribution in [0.4, 0.5) is 5.69 Å². The average molecular weight is 696 g/mol. The highest BCUT2D eigenvalue weighted by molar-refractivity contribution is 5.97. The molecule has 1 heterocycles. The van der Waals surface area contributed by atoms with Crippen LogP contribution in [0.3, 0.4) is 0 Å². The summed E-state index contributed by atoms with van der Waals surface area (Å²) in [6.45, 7) is 17.4. The molecular formula is C49H49N3O. The van der Waals surface area contributed by atoms with Crippen LogP contribution in [0.15, 0.2) is 138 Å². The van der Waals surface area contributed by atoms with Crippen molar-refractivity contribution in [1.82, 2.24) is 9.55 Å². The van der Waals surface area contributed by atoms with Crippen LogP contribution in [0.2, 0.25) is 0 Å². The monoisotopic (exact) mass is 695 g/mol. The van der Waals surface area contributed by atoms with Crippen molar-refractivity contribution in [2.75, 3.05) is 0 Å². The van der Waals surface area contributed by atoms with Crippen molar-refractivity contribution in [3.63, 3.8) is 0 Å². The Kier molecular flexibility index (Phi) is 9.42. The molecule has 0 bridgehead atoms. The number of phenolic OH excluding ortho intramolecular Hbond substituents is 1. The Hall–Kier alpha value is -5.74. The van der Waals surface area contributed by atoms with Gasteiger partial charge in [0.2, 0.25) is 0 Å². The molecule has 0 fully saturated rings. The van der Waals surface area contributed by atoms with Gasteiger partial charge >= 0.3 is 0 Å². The quantitative estimate of drug-likeness (QED) is 0.169. The number of aromatic hydroxyl groups is 1. The Balaban J connectivity index is 1.35. The Labute approximate surface area is 314 Å². The van der Waals surface area contributed by atoms with Crippen molar-refractivity contribution >= 4 is 22.9 Å². The van der Waals surface area contributed by atoms with Gasteiger partial charge in [0, 0.05) is 34.2 Å². The Morgan fingerprint density at radius 3 is 1.89 bits per heavy atom. The number of rotatable bonds is 7. The Bertz CT molecular complexity index is 2420. The third kappa shape index (κ3) is 7.19. The molecule has 53 heavy (non-hydrogen) atoms. The summed E-state index contributed by atoms with van der Waals surface area (Å²) in [4.78, 5) is 10.5. The molecule has 0 saturated carbocycles. The Morgan fingerprint density at radius 1 is 0.642 bits per heavy atom. The van der Waals surface area contributed by atoms with Crippen LogP contribution in [0.5, 0.6) is 5.75 Å². The van der Waals surface area contributed by atoms with Crippen molar-refractivity contribution in [3.05, 3.63) is 156 Å². The summed E-state index contributed by atoms with van der Waals surface area (Å²) in [6.07, 6.45) is 1.80. The van der Waals surface area contributed by atoms with E-state index < -0.39 is 0 Å². The Morgan fingerprint density at radius 2 is 1.25 bits per heavy atom. The highest BCUT2D eigenvalue weighted by Gasteiger charge is 2.25. The molecule has 0 aliphatic rings. The van der Waals surface area contributed by atoms with Gasteiger partial charge in [0.25, 0.3) is 0 Å². The van der Waals surface area contributed by atoms with Crippen molar-refractivity contribution < 1.29 is 5.11 Å². The highest BCUT2D eigenvalue weighted by Crippen LogP contribution is 2.40. The second kappa shape index (κ2) is 14.0. The number of hydrogen-bond acceptors (Lipinski definition) is 3. The minimum absolute atomic E-state index is 0.0914. The largest absolute Gasteiger partial charge is 0.507 e. The molecule has 0 unspecified atom stereocenters. The number of benzene rings is 6. The molecule has 1 N–H and O–H groups in total. The lowest BCUT2D eigenvalue weighted by molar-refractivity contribution is 0.444. The second-order valence-electron chi connectivity index (χ2n) is 16.4. The maximum absolute atomic E-state index is 11.5. The van der Waals surface area contributed by atoms with Gasteiger partial charge in [-0.25, -0.2) is 4.98 Å². The van der Waals surface area contributed by atoms with Gasteiger partial charge in [-0.15, -0.1) is 0 Å². The summed E-state index contributed by atoms with van der Waals surface area (Å²) >= 11 is 0. The molecule has 0 aliphatic heterocycles. The molecule has 0 radical (unpaired) electrons. The van der Waals surface area contributed by atoms with Crippen LogP contribution < -0.4 is 0 Å². The molecular weight excluding hydrogens is 647 g/mol. The lowest BCUT2D eigenvalue weighted by Gasteiger charge is -2.27. The number of hydrogen-bond donors (Lipinski definition) is 1. The zero-order valence-electron chi connectivity index (χ0n) is 32.1. The van der Waals surface area contributed by atoms with Crippen LogP contribution >= 0.6 is 0 Å². The smallest absolute Gasteiger partial charge is 0.147 e. The van der Waals surface area contributed by atoms with Gasteiger partial charge in [0.1, 0.15) is 11.6 Å². The van der Waals surface area contributed by atoms with Gasteiger partial charge in [0.15, 0.2) is 0 Å². The van der Waals surface area contributed by atoms with E-state index >= 15 is 0 Å². The lowest BCUT2D eigenvalue weighted by Crippen LogP contribution is -2.17. The lowest BCUT2D eigenvalue weighted by atomic mass is 9.79. The van der Waals surface area contributed by atoms with Gasteiger partial charge in [-0.2, -0.15) is 0 Å². The molecule has 7 aromatic rings. The molecule has 0 saturated heterocycles. The fourth-order valence-corrected chi connectivity index (χ4v) is 6.93. The first-order valence-electron chi connectivity index (χ1n) is 18.6. The van der Waals surface area contributed by atoms with Crippen molar-refractivity contribution in [3.8, 4) is 45.1 Å². The average Bonchev–Trinajstić information content (AvgIpc) is 3.54. The number of para-hydroxylation sites is 3. The molecule has 0 amide bonds. The summed E-state index contributed by atoms with van der Waals surface area (Å²) < 4.78 is 2.23. The van der Waals surface area contributed by atoms with Gasteiger partial charge in [-0.05, 0) is 81.0 Å². The molecule has 0 atom stereocenters. The van der Waals surface area contributed by atoms with E-state index in [9.17, 15) is 5.11 Å². The molecule has 1 aromatic heterocycles. The third-order valence-electron chi connectivity index (χ3n) is 10.1. The fourth-order valence-electron chi connectivity index (χ4n) is 6.93. The first-order chi connectivity index (χ1) is 25.3. The fraction of sp³-hybridized carbons (Fsp3) is 0.224. The molecule has 266 valence electrons. The summed E-state index contributed by atoms with van der Waals surface area (Å²) in [5, 5.41) is 11.5. The van der Waals surface area contributed by atoms with Crippen molar-refractivity contribution in [2.24, 2.45) is 4.99 Å². The highest BCUT2D eigenvalue weighted by atomic mass is 16.3. The molecule has 7 rings (SSSR count). The number of aliphatic imine (C=N–C) groups is 1. The van der Waals surface area contributed by atoms with Crippen molar-refractivity contribution in [2.45, 2.75) is 72.1 Å². The number of phenols is 1. The summed E-state index contributed by atoms with van der Waals surface area (Å²) in [6, 6.07) is 46.8. The van der Waals surface area contributed by atoms with Crippen LogP contribution in [-0.4, -0.2) is 20.9 Å². The molecule has 6 aromatic carbocycles. The van der Waals surface area contributed by atoms with Crippen LogP contribution in [0, 0.1) is 0 Å². The van der Waals surface area contributed by atoms with Gasteiger partial charge in [-0.1, -0.05) is 152 Å². The minimum atomic E-state index is -0.233. The molecule has 4 heteroatoms. The topological polar surface area (TPSA) is 50.4 Å². The van der Waals surface area contributed by atoms with Crippen LogP contribution in [-0.2, 0) is 10.8 Å². The van der Waals surface area contributed by atoms with Gasteiger partial charge in [0.05, 0.1) is 16.7 Å². The first kappa shape index (κ1) is 35.7. The summed E-state index contributed by atoms with van der Waals surface area (Å²) in [7, 11) is 0. The van der Waals surface area contributed by atoms with Crippen LogP contribution in [0.25, 0.3) is 50.4 Å². The van der Waals surface area contributed by atoms with E-state index in [0.29, 0.717) is 11.5 Å². The van der Waals surface area contributed by atoms with Crippen molar-refractivity contribution in [1.29, 1.82) is 0 Å². The van der Waals surface area contributed by atoms with Gasteiger partial charge < -0.3 is 5.11 Å². The standard InChI is InChI=1S/C49H49N3O/c1-32(2)33-21-23-34(24-22-33)35-25-27-36(28-26-35)40-18-14-20-44-45(40)51-47(52(44)39-15-10-9-11-16-39)41-17-12-13-19-43(41)50-31-37-29-38(48(3,4)5)30-42(46(37)53)49(6,7)8/h9-32,53H,1-8H3. The van der Waals surface area contributed by atoms with E-state index in [-0.39, 0.29) is 16.6 Å². The van der Waals surface area contributed by atoms with E-state index in [1.54, 1.807) is 6.21 Å². The normalized spacial score (nSPS) is 12.3. The minimum Gasteiger partial charge on any atom is -0.507 e. The summed E-state index contributed by atoms with van der Waals surface area (Å²) in [5.41, 5.74) is 13.0. The van der Waals surface area contributed by atoms with E-state index in [0.717, 1.165) is 56.0 Å². The maximum atomic E-state index is 11.5. The number of fused-ring (bicyclic) bond motifs is 1. The van der Waals surface area contributed by atoms with E-state index in [2.05, 4.69) is 169 Å². The SMILES string of the molecule is CC(C)c1ccc(-c2ccc(-c3cccc4c3nc(-c3ccccc3N=Cc3cc(C(C)(C)C)cc(C(C)(C)C)c3O)n4-c3ccccc3)cc2)cc1. The number of nitrogens with zero attached hydrogens (tertiary/aromatic N) is 3. The third-order valence-corrected chi connectivity index (χ3v) is 10.1. The van der Waals surface area contributed by atoms with E-state index in [1.807, 2.05) is 24.3 Å². The van der Waals surface area contributed by atoms with Gasteiger partial charge in [-0.3, -0.25) is 9.56 Å².